The number of aromatic nitrogens is 2. The van der Waals surface area contributed by atoms with Crippen molar-refractivity contribution in [2.24, 2.45) is 5.73 Å². The number of aryl methyl sites for hydroxylation is 1. The fraction of sp³-hybridized carbons (Fsp3) is 0.417. The van der Waals surface area contributed by atoms with Crippen LogP contribution < -0.4 is 10.5 Å². The molecule has 0 radical (unpaired) electrons. The Morgan fingerprint density at radius 1 is 1.31 bits per heavy atom. The Morgan fingerprint density at radius 2 is 2.06 bits per heavy atom. The van der Waals surface area contributed by atoms with E-state index in [4.69, 9.17) is 10.5 Å². The van der Waals surface area contributed by atoms with Crippen LogP contribution in [0.5, 0.6) is 11.5 Å². The van der Waals surface area contributed by atoms with Crippen molar-refractivity contribution < 1.29 is 13.9 Å². The molecular formula is C24H30FN5O2. The molecular weight excluding hydrogens is 409 g/mol. The van der Waals surface area contributed by atoms with E-state index in [0.29, 0.717) is 36.1 Å². The second kappa shape index (κ2) is 9.26. The number of carbonyl (C=O) groups is 1. The molecule has 1 fully saturated rings. The molecule has 7 nitrogen and oxygen atoms in total. The van der Waals surface area contributed by atoms with Crippen molar-refractivity contribution in [1.82, 2.24) is 19.8 Å². The minimum atomic E-state index is -0.695. The van der Waals surface area contributed by atoms with Crippen LogP contribution in [-0.2, 0) is 11.2 Å². The molecule has 1 saturated heterocycles. The molecule has 2 aromatic heterocycles. The Kier molecular flexibility index (Phi) is 6.43. The summed E-state index contributed by atoms with van der Waals surface area (Å²) in [5, 5.41) is 0.821. The molecule has 0 aliphatic carbocycles. The van der Waals surface area contributed by atoms with E-state index in [0.717, 1.165) is 23.8 Å². The number of piperidine rings is 1. The highest BCUT2D eigenvalue weighted by atomic mass is 19.1. The smallest absolute Gasteiger partial charge is 0.239 e. The molecule has 0 bridgehead atoms. The zero-order chi connectivity index (χ0) is 22.8. The van der Waals surface area contributed by atoms with E-state index < -0.39 is 11.9 Å². The zero-order valence-corrected chi connectivity index (χ0v) is 18.8. The number of likely N-dealkylation sites (tertiary alicyclic amines) is 1. The number of aromatic amines is 1. The maximum Gasteiger partial charge on any atom is 0.239 e. The van der Waals surface area contributed by atoms with Crippen molar-refractivity contribution in [1.29, 1.82) is 0 Å². The van der Waals surface area contributed by atoms with Crippen LogP contribution in [0, 0.1) is 12.7 Å². The molecule has 170 valence electrons. The molecule has 1 aliphatic heterocycles. The lowest BCUT2D eigenvalue weighted by Gasteiger charge is -2.36. The average molecular weight is 440 g/mol. The topological polar surface area (TPSA) is 87.5 Å². The first-order valence-electron chi connectivity index (χ1n) is 10.9. The summed E-state index contributed by atoms with van der Waals surface area (Å²) in [6, 6.07) is 6.24. The molecule has 0 spiro atoms. The van der Waals surface area contributed by atoms with Crippen LogP contribution in [0.3, 0.4) is 0 Å². The van der Waals surface area contributed by atoms with Gasteiger partial charge in [-0.05, 0) is 69.6 Å². The van der Waals surface area contributed by atoms with Gasteiger partial charge in [0.15, 0.2) is 11.6 Å². The first kappa shape index (κ1) is 22.2. The SMILES string of the molecule is Cc1c[nH]c2nccc(Oc3ccc(C[C@H](N)C(=O)N4CCC(N(C)C)CC4)cc3F)c12. The van der Waals surface area contributed by atoms with Gasteiger partial charge >= 0.3 is 0 Å². The van der Waals surface area contributed by atoms with Crippen molar-refractivity contribution in [3.63, 3.8) is 0 Å². The minimum absolute atomic E-state index is 0.0787. The van der Waals surface area contributed by atoms with Crippen molar-refractivity contribution in [2.45, 2.75) is 38.3 Å². The van der Waals surface area contributed by atoms with E-state index in [1.165, 1.54) is 6.07 Å². The van der Waals surface area contributed by atoms with E-state index in [1.807, 2.05) is 18.0 Å². The molecule has 1 aliphatic rings. The minimum Gasteiger partial charge on any atom is -0.453 e. The molecule has 3 N–H and O–H groups in total. The number of halogens is 1. The number of H-pyrrole nitrogens is 1. The number of ether oxygens (including phenoxy) is 1. The van der Waals surface area contributed by atoms with Crippen LogP contribution in [0.15, 0.2) is 36.7 Å². The summed E-state index contributed by atoms with van der Waals surface area (Å²) < 4.78 is 20.6. The maximum atomic E-state index is 14.8. The normalized spacial score (nSPS) is 16.0. The van der Waals surface area contributed by atoms with Crippen molar-refractivity contribution >= 4 is 16.9 Å². The highest BCUT2D eigenvalue weighted by Gasteiger charge is 2.27. The number of pyridine rings is 1. The number of carbonyl (C=O) groups excluding carboxylic acids is 1. The lowest BCUT2D eigenvalue weighted by atomic mass is 10.0. The number of nitrogens with zero attached hydrogens (tertiary/aromatic N) is 3. The van der Waals surface area contributed by atoms with Crippen LogP contribution >= 0.6 is 0 Å². The first-order valence-corrected chi connectivity index (χ1v) is 10.9. The predicted molar refractivity (Wildman–Crippen MR) is 122 cm³/mol. The fourth-order valence-electron chi connectivity index (χ4n) is 4.32. The summed E-state index contributed by atoms with van der Waals surface area (Å²) in [6.45, 7) is 3.35. The highest BCUT2D eigenvalue weighted by Crippen LogP contribution is 2.32. The van der Waals surface area contributed by atoms with Gasteiger partial charge in [-0.2, -0.15) is 0 Å². The van der Waals surface area contributed by atoms with Gasteiger partial charge in [0.1, 0.15) is 11.4 Å². The third-order valence-electron chi connectivity index (χ3n) is 6.23. The molecule has 8 heteroatoms. The van der Waals surface area contributed by atoms with Gasteiger partial charge < -0.3 is 25.3 Å². The number of nitrogens with two attached hydrogens (primary N) is 1. The van der Waals surface area contributed by atoms with Gasteiger partial charge in [-0.3, -0.25) is 4.79 Å². The summed E-state index contributed by atoms with van der Waals surface area (Å²) in [5.74, 6) is 0.0815. The van der Waals surface area contributed by atoms with Crippen LogP contribution in [0.2, 0.25) is 0 Å². The summed E-state index contributed by atoms with van der Waals surface area (Å²) in [5.41, 5.74) is 8.51. The van der Waals surface area contributed by atoms with E-state index in [9.17, 15) is 9.18 Å². The van der Waals surface area contributed by atoms with E-state index in [-0.39, 0.29) is 18.1 Å². The number of fused-ring (bicyclic) bond motifs is 1. The Bertz CT molecular complexity index is 1100. The molecule has 4 rings (SSSR count). The summed E-state index contributed by atoms with van der Waals surface area (Å²) >= 11 is 0. The Balaban J connectivity index is 1.41. The third kappa shape index (κ3) is 4.61. The lowest BCUT2D eigenvalue weighted by molar-refractivity contribution is -0.134. The van der Waals surface area contributed by atoms with Crippen LogP contribution in [0.1, 0.15) is 24.0 Å². The summed E-state index contributed by atoms with van der Waals surface area (Å²) in [4.78, 5) is 24.1. The van der Waals surface area contributed by atoms with Gasteiger partial charge in [-0.25, -0.2) is 9.37 Å². The number of nitrogens with one attached hydrogen (secondary N) is 1. The zero-order valence-electron chi connectivity index (χ0n) is 18.8. The summed E-state index contributed by atoms with van der Waals surface area (Å²) in [7, 11) is 4.12. The van der Waals surface area contributed by atoms with Crippen molar-refractivity contribution in [3.8, 4) is 11.5 Å². The standard InChI is InChI=1S/C24H30FN5O2/c1-15-14-28-23-22(15)21(6-9-27-23)32-20-5-4-16(12-18(20)25)13-19(26)24(31)30-10-7-17(8-11-30)29(2)3/h4-6,9,12,14,17,19H,7-8,10-11,13,26H2,1-3H3,(H,27,28)/t19-/m0/s1. The Labute approximate surface area is 187 Å². The molecule has 0 unspecified atom stereocenters. The van der Waals surface area contributed by atoms with Crippen LogP contribution in [-0.4, -0.2) is 64.9 Å². The quantitative estimate of drug-likeness (QED) is 0.616. The van der Waals surface area contributed by atoms with E-state index in [1.54, 1.807) is 24.4 Å². The lowest BCUT2D eigenvalue weighted by Crippen LogP contribution is -2.50. The van der Waals surface area contributed by atoms with Gasteiger partial charge in [0.25, 0.3) is 0 Å². The van der Waals surface area contributed by atoms with Crippen molar-refractivity contribution in [2.75, 3.05) is 27.2 Å². The van der Waals surface area contributed by atoms with Crippen LogP contribution in [0.4, 0.5) is 4.39 Å². The number of rotatable bonds is 6. The number of amides is 1. The largest absolute Gasteiger partial charge is 0.453 e. The molecule has 0 saturated carbocycles. The second-order valence-electron chi connectivity index (χ2n) is 8.70. The molecule has 3 heterocycles. The number of hydrogen-bond donors (Lipinski definition) is 2. The molecule has 1 atom stereocenters. The summed E-state index contributed by atoms with van der Waals surface area (Å²) in [6.07, 6.45) is 5.61. The van der Waals surface area contributed by atoms with Gasteiger partial charge in [0.2, 0.25) is 5.91 Å². The molecule has 32 heavy (non-hydrogen) atoms. The Hall–Kier alpha value is -2.97. The van der Waals surface area contributed by atoms with E-state index in [2.05, 4.69) is 29.0 Å². The molecule has 3 aromatic rings. The molecule has 1 aromatic carbocycles. The van der Waals surface area contributed by atoms with Crippen molar-refractivity contribution in [3.05, 3.63) is 53.6 Å². The second-order valence-corrected chi connectivity index (χ2v) is 8.70. The molecule has 1 amide bonds. The number of benzene rings is 1. The number of hydrogen-bond acceptors (Lipinski definition) is 5. The monoisotopic (exact) mass is 439 g/mol. The van der Waals surface area contributed by atoms with Gasteiger partial charge in [0.05, 0.1) is 11.4 Å². The third-order valence-corrected chi connectivity index (χ3v) is 6.23. The fourth-order valence-corrected chi connectivity index (χ4v) is 4.32. The maximum absolute atomic E-state index is 14.8. The van der Waals surface area contributed by atoms with Gasteiger partial charge in [-0.1, -0.05) is 6.07 Å². The van der Waals surface area contributed by atoms with Crippen LogP contribution in [0.25, 0.3) is 11.0 Å². The average Bonchev–Trinajstić information content (AvgIpc) is 3.17. The van der Waals surface area contributed by atoms with Gasteiger partial charge in [0, 0.05) is 31.5 Å². The van der Waals surface area contributed by atoms with E-state index >= 15 is 0 Å². The highest BCUT2D eigenvalue weighted by molar-refractivity contribution is 5.86. The predicted octanol–water partition coefficient (Wildman–Crippen LogP) is 3.23. The van der Waals surface area contributed by atoms with Gasteiger partial charge in [-0.15, -0.1) is 0 Å². The Morgan fingerprint density at radius 3 is 2.75 bits per heavy atom. The first-order chi connectivity index (χ1) is 15.3.